The molecular formula is C15H16N2O4. The van der Waals surface area contributed by atoms with Crippen LogP contribution in [-0.4, -0.2) is 22.9 Å². The Labute approximate surface area is 121 Å². The van der Waals surface area contributed by atoms with Gasteiger partial charge in [-0.15, -0.1) is 0 Å². The third-order valence-corrected chi connectivity index (χ3v) is 3.54. The number of para-hydroxylation sites is 1. The smallest absolute Gasteiger partial charge is 0.307 e. The van der Waals surface area contributed by atoms with Crippen molar-refractivity contribution in [3.63, 3.8) is 0 Å². The van der Waals surface area contributed by atoms with Gasteiger partial charge in [0.25, 0.3) is 5.91 Å². The summed E-state index contributed by atoms with van der Waals surface area (Å²) < 4.78 is 0. The molecule has 2 amide bonds. The zero-order chi connectivity index (χ0) is 15.4. The summed E-state index contributed by atoms with van der Waals surface area (Å²) in [6.07, 6.45) is 4.25. The van der Waals surface area contributed by atoms with Gasteiger partial charge < -0.3 is 16.2 Å². The monoisotopic (exact) mass is 288 g/mol. The molecule has 0 unspecified atom stereocenters. The van der Waals surface area contributed by atoms with Crippen molar-refractivity contribution >= 4 is 23.5 Å². The third kappa shape index (κ3) is 3.28. The van der Waals surface area contributed by atoms with Crippen LogP contribution in [0.3, 0.4) is 0 Å². The zero-order valence-corrected chi connectivity index (χ0v) is 11.3. The SMILES string of the molecule is NC(=O)c1ccccc1NC(=O)[C@@H]1CC=CC[C@H]1C(=O)O. The van der Waals surface area contributed by atoms with Crippen LogP contribution >= 0.6 is 0 Å². The summed E-state index contributed by atoms with van der Waals surface area (Å²) in [6, 6.07) is 6.37. The number of rotatable bonds is 4. The second kappa shape index (κ2) is 6.21. The van der Waals surface area contributed by atoms with Crippen molar-refractivity contribution < 1.29 is 19.5 Å². The molecule has 110 valence electrons. The van der Waals surface area contributed by atoms with Gasteiger partial charge in [0.1, 0.15) is 0 Å². The minimum atomic E-state index is -0.998. The Hall–Kier alpha value is -2.63. The van der Waals surface area contributed by atoms with Crippen molar-refractivity contribution in [2.75, 3.05) is 5.32 Å². The fourth-order valence-corrected chi connectivity index (χ4v) is 2.41. The minimum absolute atomic E-state index is 0.198. The van der Waals surface area contributed by atoms with E-state index in [4.69, 9.17) is 5.73 Å². The van der Waals surface area contributed by atoms with Gasteiger partial charge in [0.2, 0.25) is 5.91 Å². The molecule has 0 saturated heterocycles. The van der Waals surface area contributed by atoms with Crippen LogP contribution in [0.5, 0.6) is 0 Å². The second-order valence-corrected chi connectivity index (χ2v) is 4.89. The standard InChI is InChI=1S/C15H16N2O4/c16-13(18)11-7-3-4-8-12(11)17-14(19)9-5-1-2-6-10(9)15(20)21/h1-4,7-10H,5-6H2,(H2,16,18)(H,17,19)(H,20,21)/t9-,10-/m1/s1. The maximum atomic E-state index is 12.3. The molecule has 0 radical (unpaired) electrons. The maximum Gasteiger partial charge on any atom is 0.307 e. The molecule has 1 aromatic rings. The molecule has 0 aromatic heterocycles. The summed E-state index contributed by atoms with van der Waals surface area (Å²) >= 11 is 0. The van der Waals surface area contributed by atoms with Crippen LogP contribution in [0, 0.1) is 11.8 Å². The lowest BCUT2D eigenvalue weighted by molar-refractivity contribution is -0.146. The fourth-order valence-electron chi connectivity index (χ4n) is 2.41. The summed E-state index contributed by atoms with van der Waals surface area (Å²) in [4.78, 5) is 34.8. The fraction of sp³-hybridized carbons (Fsp3) is 0.267. The van der Waals surface area contributed by atoms with E-state index in [0.29, 0.717) is 18.5 Å². The average molecular weight is 288 g/mol. The summed E-state index contributed by atoms with van der Waals surface area (Å²) in [5.41, 5.74) is 5.75. The minimum Gasteiger partial charge on any atom is -0.481 e. The van der Waals surface area contributed by atoms with Crippen LogP contribution in [0.25, 0.3) is 0 Å². The van der Waals surface area contributed by atoms with Gasteiger partial charge in [-0.1, -0.05) is 24.3 Å². The highest BCUT2D eigenvalue weighted by Gasteiger charge is 2.34. The Morgan fingerprint density at radius 3 is 2.33 bits per heavy atom. The Bertz CT molecular complexity index is 609. The maximum absolute atomic E-state index is 12.3. The summed E-state index contributed by atoms with van der Waals surface area (Å²) in [6.45, 7) is 0. The molecule has 0 saturated carbocycles. The lowest BCUT2D eigenvalue weighted by Crippen LogP contribution is -2.35. The molecule has 0 aliphatic heterocycles. The number of carbonyl (C=O) groups excluding carboxylic acids is 2. The molecule has 6 heteroatoms. The number of carbonyl (C=O) groups is 3. The van der Waals surface area contributed by atoms with Crippen LogP contribution < -0.4 is 11.1 Å². The van der Waals surface area contributed by atoms with E-state index in [1.807, 2.05) is 0 Å². The van der Waals surface area contributed by atoms with E-state index in [-0.39, 0.29) is 5.56 Å². The number of aliphatic carboxylic acids is 1. The van der Waals surface area contributed by atoms with E-state index in [1.54, 1.807) is 30.4 Å². The van der Waals surface area contributed by atoms with Crippen LogP contribution in [0.15, 0.2) is 36.4 Å². The number of benzene rings is 1. The van der Waals surface area contributed by atoms with Gasteiger partial charge in [0.05, 0.1) is 23.1 Å². The number of amides is 2. The number of allylic oxidation sites excluding steroid dienone is 2. The summed E-state index contributed by atoms with van der Waals surface area (Å²) in [5, 5.41) is 11.8. The van der Waals surface area contributed by atoms with E-state index >= 15 is 0 Å². The van der Waals surface area contributed by atoms with Crippen molar-refractivity contribution in [3.05, 3.63) is 42.0 Å². The molecule has 1 aliphatic carbocycles. The van der Waals surface area contributed by atoms with Gasteiger partial charge in [-0.2, -0.15) is 0 Å². The molecule has 21 heavy (non-hydrogen) atoms. The van der Waals surface area contributed by atoms with Gasteiger partial charge in [-0.3, -0.25) is 14.4 Å². The summed E-state index contributed by atoms with van der Waals surface area (Å²) in [7, 11) is 0. The highest BCUT2D eigenvalue weighted by atomic mass is 16.4. The van der Waals surface area contributed by atoms with Crippen molar-refractivity contribution in [3.8, 4) is 0 Å². The van der Waals surface area contributed by atoms with Crippen molar-refractivity contribution in [2.24, 2.45) is 17.6 Å². The Balaban J connectivity index is 2.20. The van der Waals surface area contributed by atoms with Gasteiger partial charge >= 0.3 is 5.97 Å². The first-order valence-electron chi connectivity index (χ1n) is 6.58. The molecule has 0 bridgehead atoms. The van der Waals surface area contributed by atoms with Gasteiger partial charge in [-0.05, 0) is 25.0 Å². The molecular weight excluding hydrogens is 272 g/mol. The first-order chi connectivity index (χ1) is 10.0. The molecule has 6 nitrogen and oxygen atoms in total. The Morgan fingerprint density at radius 1 is 1.10 bits per heavy atom. The topological polar surface area (TPSA) is 109 Å². The number of hydrogen-bond donors (Lipinski definition) is 3. The van der Waals surface area contributed by atoms with E-state index in [0.717, 1.165) is 0 Å². The predicted octanol–water partition coefficient (Wildman–Crippen LogP) is 1.39. The number of nitrogens with one attached hydrogen (secondary N) is 1. The van der Waals surface area contributed by atoms with Crippen LogP contribution in [-0.2, 0) is 9.59 Å². The van der Waals surface area contributed by atoms with Crippen LogP contribution in [0.2, 0.25) is 0 Å². The second-order valence-electron chi connectivity index (χ2n) is 4.89. The third-order valence-electron chi connectivity index (χ3n) is 3.54. The molecule has 2 atom stereocenters. The molecule has 0 fully saturated rings. The molecule has 4 N–H and O–H groups in total. The number of carboxylic acid groups (broad SMARTS) is 1. The van der Waals surface area contributed by atoms with Crippen LogP contribution in [0.4, 0.5) is 5.69 Å². The van der Waals surface area contributed by atoms with E-state index in [1.165, 1.54) is 6.07 Å². The molecule has 1 aromatic carbocycles. The van der Waals surface area contributed by atoms with Crippen molar-refractivity contribution in [2.45, 2.75) is 12.8 Å². The molecule has 0 spiro atoms. The number of anilines is 1. The Morgan fingerprint density at radius 2 is 1.71 bits per heavy atom. The highest BCUT2D eigenvalue weighted by Crippen LogP contribution is 2.27. The predicted molar refractivity (Wildman–Crippen MR) is 76.6 cm³/mol. The lowest BCUT2D eigenvalue weighted by atomic mass is 9.82. The van der Waals surface area contributed by atoms with Crippen LogP contribution in [0.1, 0.15) is 23.2 Å². The first kappa shape index (κ1) is 14.8. The number of hydrogen-bond acceptors (Lipinski definition) is 3. The average Bonchev–Trinajstić information content (AvgIpc) is 2.47. The molecule has 1 aliphatic rings. The van der Waals surface area contributed by atoms with E-state index < -0.39 is 29.6 Å². The van der Waals surface area contributed by atoms with Crippen molar-refractivity contribution in [1.82, 2.24) is 0 Å². The first-order valence-corrected chi connectivity index (χ1v) is 6.58. The lowest BCUT2D eigenvalue weighted by Gasteiger charge is -2.24. The largest absolute Gasteiger partial charge is 0.481 e. The van der Waals surface area contributed by atoms with Crippen molar-refractivity contribution in [1.29, 1.82) is 0 Å². The number of nitrogens with two attached hydrogens (primary N) is 1. The van der Waals surface area contributed by atoms with Gasteiger partial charge in [-0.25, -0.2) is 0 Å². The number of carboxylic acids is 1. The van der Waals surface area contributed by atoms with E-state index in [9.17, 15) is 19.5 Å². The molecule has 0 heterocycles. The Kier molecular flexibility index (Phi) is 4.37. The normalized spacial score (nSPS) is 20.8. The molecule has 2 rings (SSSR count). The highest BCUT2D eigenvalue weighted by molar-refractivity contribution is 6.04. The zero-order valence-electron chi connectivity index (χ0n) is 11.3. The van der Waals surface area contributed by atoms with E-state index in [2.05, 4.69) is 5.32 Å². The van der Waals surface area contributed by atoms with Gasteiger partial charge in [0, 0.05) is 0 Å². The quantitative estimate of drug-likeness (QED) is 0.727. The summed E-state index contributed by atoms with van der Waals surface area (Å²) in [5.74, 6) is -3.48. The van der Waals surface area contributed by atoms with Gasteiger partial charge in [0.15, 0.2) is 0 Å². The number of primary amides is 1.